The quantitative estimate of drug-likeness (QED) is 0.675. The Kier molecular flexibility index (Phi) is 6.72. The molecule has 0 aromatic heterocycles. The van der Waals surface area contributed by atoms with E-state index >= 15 is 0 Å². The maximum Gasteiger partial charge on any atom is 0.326 e. The maximum absolute atomic E-state index is 11.5. The largest absolute Gasteiger partial charge is 0.480 e. The molecule has 0 spiro atoms. The monoisotopic (exact) mass is 230 g/mol. The van der Waals surface area contributed by atoms with Crippen LogP contribution in [0, 0.1) is 0 Å². The smallest absolute Gasteiger partial charge is 0.326 e. The van der Waals surface area contributed by atoms with E-state index in [9.17, 15) is 9.59 Å². The van der Waals surface area contributed by atoms with Crippen LogP contribution in [0.2, 0.25) is 0 Å². The molecule has 0 radical (unpaired) electrons. The second-order valence-corrected chi connectivity index (χ2v) is 4.26. The molecule has 1 unspecified atom stereocenters. The molecule has 0 heterocycles. The topological polar surface area (TPSA) is 69.6 Å². The zero-order valence-corrected chi connectivity index (χ0v) is 10.5. The summed E-state index contributed by atoms with van der Waals surface area (Å²) in [4.78, 5) is 24.2. The Morgan fingerprint density at radius 1 is 1.38 bits per heavy atom. The molecule has 1 atom stereocenters. The van der Waals surface area contributed by atoms with Crippen molar-refractivity contribution in [2.45, 2.75) is 45.7 Å². The number of rotatable bonds is 7. The van der Waals surface area contributed by atoms with Crippen LogP contribution in [0.4, 0.5) is 0 Å². The lowest BCUT2D eigenvalue weighted by Gasteiger charge is -2.21. The lowest BCUT2D eigenvalue weighted by Crippen LogP contribution is -2.45. The lowest BCUT2D eigenvalue weighted by molar-refractivity contribution is -0.142. The minimum Gasteiger partial charge on any atom is -0.480 e. The van der Waals surface area contributed by atoms with E-state index in [0.29, 0.717) is 6.42 Å². The number of carbonyl (C=O) groups excluding carboxylic acids is 1. The third kappa shape index (κ3) is 5.70. The van der Waals surface area contributed by atoms with Crippen LogP contribution in [-0.2, 0) is 9.59 Å². The van der Waals surface area contributed by atoms with E-state index in [2.05, 4.69) is 5.32 Å². The molecule has 0 bridgehead atoms. The molecule has 5 heteroatoms. The molecule has 0 saturated heterocycles. The first-order valence-electron chi connectivity index (χ1n) is 5.60. The predicted octanol–water partition coefficient (Wildman–Crippen LogP) is 0.696. The van der Waals surface area contributed by atoms with Gasteiger partial charge in [0.15, 0.2) is 0 Å². The van der Waals surface area contributed by atoms with Crippen LogP contribution in [0.15, 0.2) is 0 Å². The molecule has 0 saturated carbocycles. The van der Waals surface area contributed by atoms with Gasteiger partial charge >= 0.3 is 5.97 Å². The molecular formula is C11H22N2O3. The summed E-state index contributed by atoms with van der Waals surface area (Å²) < 4.78 is 0. The van der Waals surface area contributed by atoms with Crippen molar-refractivity contribution in [3.8, 4) is 0 Å². The number of amides is 1. The molecule has 0 aliphatic heterocycles. The Hall–Kier alpha value is -1.10. The average Bonchev–Trinajstić information content (AvgIpc) is 2.16. The van der Waals surface area contributed by atoms with Crippen molar-refractivity contribution < 1.29 is 14.7 Å². The third-order valence-electron chi connectivity index (χ3n) is 2.49. The van der Waals surface area contributed by atoms with E-state index in [1.54, 1.807) is 0 Å². The van der Waals surface area contributed by atoms with E-state index in [-0.39, 0.29) is 18.5 Å². The Morgan fingerprint density at radius 2 is 1.94 bits per heavy atom. The summed E-state index contributed by atoms with van der Waals surface area (Å²) >= 11 is 0. The van der Waals surface area contributed by atoms with Crippen molar-refractivity contribution in [2.24, 2.45) is 0 Å². The van der Waals surface area contributed by atoms with E-state index in [1.807, 2.05) is 32.7 Å². The number of carboxylic acids is 1. The Bertz CT molecular complexity index is 241. The number of carboxylic acid groups (broad SMARTS) is 1. The molecule has 0 aromatic rings. The molecule has 1 amide bonds. The van der Waals surface area contributed by atoms with Gasteiger partial charge in [0.1, 0.15) is 6.04 Å². The van der Waals surface area contributed by atoms with Gasteiger partial charge in [-0.05, 0) is 27.3 Å². The summed E-state index contributed by atoms with van der Waals surface area (Å²) in [6.45, 7) is 6.08. The number of hydrogen-bond donors (Lipinski definition) is 2. The van der Waals surface area contributed by atoms with Gasteiger partial charge in [0.25, 0.3) is 0 Å². The number of carbonyl (C=O) groups is 2. The molecule has 0 aliphatic carbocycles. The highest BCUT2D eigenvalue weighted by Crippen LogP contribution is 1.98. The second-order valence-electron chi connectivity index (χ2n) is 4.26. The highest BCUT2D eigenvalue weighted by molar-refractivity contribution is 5.84. The summed E-state index contributed by atoms with van der Waals surface area (Å²) in [5, 5.41) is 11.4. The summed E-state index contributed by atoms with van der Waals surface area (Å²) in [6, 6.07) is -0.502. The van der Waals surface area contributed by atoms with Gasteiger partial charge in [-0.3, -0.25) is 9.69 Å². The van der Waals surface area contributed by atoms with Crippen LogP contribution in [-0.4, -0.2) is 47.6 Å². The summed E-state index contributed by atoms with van der Waals surface area (Å²) in [7, 11) is 1.83. The van der Waals surface area contributed by atoms with Gasteiger partial charge < -0.3 is 10.4 Å². The summed E-state index contributed by atoms with van der Waals surface area (Å²) in [6.07, 6.45) is 1.20. The molecule has 94 valence electrons. The maximum atomic E-state index is 11.5. The van der Waals surface area contributed by atoms with Crippen LogP contribution in [0.5, 0.6) is 0 Å². The first-order chi connectivity index (χ1) is 7.38. The van der Waals surface area contributed by atoms with Crippen molar-refractivity contribution in [2.75, 3.05) is 13.6 Å². The van der Waals surface area contributed by atoms with E-state index in [0.717, 1.165) is 6.42 Å². The van der Waals surface area contributed by atoms with Crippen LogP contribution in [0.1, 0.15) is 33.6 Å². The van der Waals surface area contributed by atoms with Crippen molar-refractivity contribution in [1.82, 2.24) is 10.2 Å². The van der Waals surface area contributed by atoms with E-state index < -0.39 is 12.0 Å². The number of nitrogens with one attached hydrogen (secondary N) is 1. The zero-order chi connectivity index (χ0) is 12.7. The normalized spacial score (nSPS) is 12.9. The molecule has 2 N–H and O–H groups in total. The van der Waals surface area contributed by atoms with Gasteiger partial charge in [0.2, 0.25) is 5.91 Å². The molecule has 0 aliphatic rings. The molecular weight excluding hydrogens is 208 g/mol. The second kappa shape index (κ2) is 7.22. The Labute approximate surface area is 96.8 Å². The van der Waals surface area contributed by atoms with Crippen LogP contribution in [0.25, 0.3) is 0 Å². The van der Waals surface area contributed by atoms with Crippen molar-refractivity contribution >= 4 is 11.9 Å². The molecule has 0 fully saturated rings. The summed E-state index contributed by atoms with van der Waals surface area (Å²) in [5.41, 5.74) is 0. The first-order valence-corrected chi connectivity index (χ1v) is 5.60. The fourth-order valence-electron chi connectivity index (χ4n) is 1.20. The highest BCUT2D eigenvalue weighted by atomic mass is 16.4. The van der Waals surface area contributed by atoms with Crippen LogP contribution >= 0.6 is 0 Å². The van der Waals surface area contributed by atoms with Gasteiger partial charge in [0, 0.05) is 6.04 Å². The van der Waals surface area contributed by atoms with Crippen LogP contribution in [0.3, 0.4) is 0 Å². The van der Waals surface area contributed by atoms with E-state index in [1.165, 1.54) is 0 Å². The van der Waals surface area contributed by atoms with Gasteiger partial charge in [-0.1, -0.05) is 13.3 Å². The minimum absolute atomic E-state index is 0.227. The Balaban J connectivity index is 4.14. The van der Waals surface area contributed by atoms with Crippen LogP contribution < -0.4 is 5.32 Å². The molecule has 5 nitrogen and oxygen atoms in total. The lowest BCUT2D eigenvalue weighted by atomic mass is 10.1. The molecule has 0 rings (SSSR count). The summed E-state index contributed by atoms with van der Waals surface area (Å²) in [5.74, 6) is -1.21. The zero-order valence-electron chi connectivity index (χ0n) is 10.5. The number of hydrogen-bond acceptors (Lipinski definition) is 3. The predicted molar refractivity (Wildman–Crippen MR) is 62.2 cm³/mol. The average molecular weight is 230 g/mol. The fourth-order valence-corrected chi connectivity index (χ4v) is 1.20. The molecule has 16 heavy (non-hydrogen) atoms. The standard InChI is InChI=1S/C11H22N2O3/c1-5-6-9(11(15)16)12-10(14)7-13(4)8(2)3/h8-9H,5-7H2,1-4H3,(H,12,14)(H,15,16). The first kappa shape index (κ1) is 14.9. The van der Waals surface area contributed by atoms with Gasteiger partial charge in [-0.2, -0.15) is 0 Å². The van der Waals surface area contributed by atoms with E-state index in [4.69, 9.17) is 5.11 Å². The third-order valence-corrected chi connectivity index (χ3v) is 2.49. The van der Waals surface area contributed by atoms with Gasteiger partial charge in [0.05, 0.1) is 6.54 Å². The molecule has 0 aromatic carbocycles. The number of aliphatic carboxylic acids is 1. The Morgan fingerprint density at radius 3 is 2.31 bits per heavy atom. The van der Waals surface area contributed by atoms with Gasteiger partial charge in [-0.15, -0.1) is 0 Å². The minimum atomic E-state index is -0.970. The highest BCUT2D eigenvalue weighted by Gasteiger charge is 2.19. The van der Waals surface area contributed by atoms with Crippen molar-refractivity contribution in [3.05, 3.63) is 0 Å². The fraction of sp³-hybridized carbons (Fsp3) is 0.818. The van der Waals surface area contributed by atoms with Crippen molar-refractivity contribution in [1.29, 1.82) is 0 Å². The SMILES string of the molecule is CCCC(NC(=O)CN(C)C(C)C)C(=O)O. The number of likely N-dealkylation sites (N-methyl/N-ethyl adjacent to an activating group) is 1. The van der Waals surface area contributed by atoms with Crippen molar-refractivity contribution in [3.63, 3.8) is 0 Å². The van der Waals surface area contributed by atoms with Gasteiger partial charge in [-0.25, -0.2) is 4.79 Å². The number of nitrogens with zero attached hydrogens (tertiary/aromatic N) is 1.